The highest BCUT2D eigenvalue weighted by molar-refractivity contribution is 5.84. The molecule has 2 aliphatic rings. The molecular weight excluding hydrogens is 420 g/mol. The number of anilines is 2. The van der Waals surface area contributed by atoms with Crippen LogP contribution in [0, 0.1) is 0 Å². The van der Waals surface area contributed by atoms with Gasteiger partial charge in [0.1, 0.15) is 11.8 Å². The molecular formula is C23H24N8O2. The van der Waals surface area contributed by atoms with Crippen molar-refractivity contribution in [2.75, 3.05) is 43.2 Å². The van der Waals surface area contributed by atoms with Crippen LogP contribution in [0.2, 0.25) is 0 Å². The van der Waals surface area contributed by atoms with Crippen molar-refractivity contribution in [1.82, 2.24) is 29.8 Å². The number of piperazine rings is 1. The van der Waals surface area contributed by atoms with Crippen LogP contribution in [0.3, 0.4) is 0 Å². The number of aromatic amines is 1. The van der Waals surface area contributed by atoms with Crippen molar-refractivity contribution in [1.29, 1.82) is 0 Å². The summed E-state index contributed by atoms with van der Waals surface area (Å²) in [6.07, 6.45) is 5.15. The summed E-state index contributed by atoms with van der Waals surface area (Å²) < 4.78 is 10.9. The molecule has 5 heterocycles. The minimum Gasteiger partial charge on any atom is -0.454 e. The zero-order chi connectivity index (χ0) is 22.0. The molecule has 0 radical (unpaired) electrons. The number of imidazole rings is 1. The van der Waals surface area contributed by atoms with Gasteiger partial charge in [0.15, 0.2) is 23.0 Å². The van der Waals surface area contributed by atoms with Crippen molar-refractivity contribution in [3.05, 3.63) is 60.2 Å². The summed E-state index contributed by atoms with van der Waals surface area (Å²) in [5.41, 5.74) is 3.80. The Balaban J connectivity index is 1.10. The van der Waals surface area contributed by atoms with Crippen LogP contribution >= 0.6 is 0 Å². The quantitative estimate of drug-likeness (QED) is 0.464. The van der Waals surface area contributed by atoms with Crippen molar-refractivity contribution in [2.45, 2.75) is 13.1 Å². The van der Waals surface area contributed by atoms with Crippen LogP contribution in [0.5, 0.6) is 11.5 Å². The summed E-state index contributed by atoms with van der Waals surface area (Å²) >= 11 is 0. The first-order chi connectivity index (χ1) is 16.3. The van der Waals surface area contributed by atoms with Gasteiger partial charge in [0.05, 0.1) is 0 Å². The van der Waals surface area contributed by atoms with Gasteiger partial charge in [-0.3, -0.25) is 9.88 Å². The topological polar surface area (TPSA) is 104 Å². The molecule has 168 valence electrons. The highest BCUT2D eigenvalue weighted by Crippen LogP contribution is 2.33. The van der Waals surface area contributed by atoms with Gasteiger partial charge in [0.25, 0.3) is 0 Å². The van der Waals surface area contributed by atoms with E-state index in [1.54, 1.807) is 12.5 Å². The van der Waals surface area contributed by atoms with Crippen LogP contribution < -0.4 is 19.7 Å². The minimum absolute atomic E-state index is 0.306. The van der Waals surface area contributed by atoms with Crippen LogP contribution in [0.1, 0.15) is 11.1 Å². The van der Waals surface area contributed by atoms with E-state index in [2.05, 4.69) is 47.2 Å². The Hall–Kier alpha value is -3.92. The number of hydrogen-bond donors (Lipinski definition) is 2. The fourth-order valence-electron chi connectivity index (χ4n) is 4.20. The number of aromatic nitrogens is 5. The summed E-state index contributed by atoms with van der Waals surface area (Å²) in [7, 11) is 0. The van der Waals surface area contributed by atoms with E-state index in [-0.39, 0.29) is 0 Å². The standard InChI is InChI=1S/C23H24N8O2/c1-2-17(11-24-5-1)12-25-21-20-22(27-14-26-21)29-23(28-20)31-8-6-30(7-9-31)13-16-3-4-18-19(10-16)33-15-32-18/h1-5,10-11,14H,6-9,12-13,15H2,(H2,25,26,27,28,29). The van der Waals surface area contributed by atoms with Gasteiger partial charge in [0.2, 0.25) is 12.7 Å². The fourth-order valence-corrected chi connectivity index (χ4v) is 4.20. The Labute approximate surface area is 190 Å². The van der Waals surface area contributed by atoms with Gasteiger partial charge >= 0.3 is 0 Å². The Morgan fingerprint density at radius 2 is 1.91 bits per heavy atom. The Bertz CT molecular complexity index is 1250. The molecule has 0 atom stereocenters. The predicted molar refractivity (Wildman–Crippen MR) is 123 cm³/mol. The Morgan fingerprint density at radius 1 is 1.00 bits per heavy atom. The number of ether oxygens (including phenoxy) is 2. The summed E-state index contributed by atoms with van der Waals surface area (Å²) in [5.74, 6) is 3.23. The van der Waals surface area contributed by atoms with E-state index in [1.807, 2.05) is 24.4 Å². The molecule has 3 aromatic heterocycles. The van der Waals surface area contributed by atoms with Crippen LogP contribution in [-0.2, 0) is 13.1 Å². The third-order valence-electron chi connectivity index (χ3n) is 5.97. The molecule has 0 aliphatic carbocycles. The third-order valence-corrected chi connectivity index (χ3v) is 5.97. The van der Waals surface area contributed by atoms with Gasteiger partial charge < -0.3 is 24.7 Å². The van der Waals surface area contributed by atoms with Crippen LogP contribution in [0.4, 0.5) is 11.8 Å². The molecule has 10 nitrogen and oxygen atoms in total. The van der Waals surface area contributed by atoms with Gasteiger partial charge in [-0.15, -0.1) is 0 Å². The van der Waals surface area contributed by atoms with Crippen molar-refractivity contribution < 1.29 is 9.47 Å². The molecule has 2 aliphatic heterocycles. The average molecular weight is 444 g/mol. The summed E-state index contributed by atoms with van der Waals surface area (Å²) in [6.45, 7) is 5.49. The largest absolute Gasteiger partial charge is 0.454 e. The smallest absolute Gasteiger partial charge is 0.231 e. The highest BCUT2D eigenvalue weighted by atomic mass is 16.7. The maximum Gasteiger partial charge on any atom is 0.231 e. The van der Waals surface area contributed by atoms with Gasteiger partial charge in [-0.2, -0.15) is 4.98 Å². The van der Waals surface area contributed by atoms with Crippen molar-refractivity contribution >= 4 is 22.9 Å². The Kier molecular flexibility index (Phi) is 5.11. The number of H-pyrrole nitrogens is 1. The van der Waals surface area contributed by atoms with Gasteiger partial charge in [-0.1, -0.05) is 12.1 Å². The molecule has 1 fully saturated rings. The van der Waals surface area contributed by atoms with Gasteiger partial charge in [-0.25, -0.2) is 9.97 Å². The molecule has 33 heavy (non-hydrogen) atoms. The van der Waals surface area contributed by atoms with E-state index in [9.17, 15) is 0 Å². The van der Waals surface area contributed by atoms with Crippen LogP contribution in [-0.4, -0.2) is 62.8 Å². The first kappa shape index (κ1) is 19.7. The molecule has 1 aromatic carbocycles. The Morgan fingerprint density at radius 3 is 2.79 bits per heavy atom. The van der Waals surface area contributed by atoms with Crippen LogP contribution in [0.25, 0.3) is 11.2 Å². The predicted octanol–water partition coefficient (Wildman–Crippen LogP) is 2.41. The summed E-state index contributed by atoms with van der Waals surface area (Å²) in [6, 6.07) is 10.1. The van der Waals surface area contributed by atoms with E-state index >= 15 is 0 Å². The lowest BCUT2D eigenvalue weighted by molar-refractivity contribution is 0.174. The number of nitrogens with one attached hydrogen (secondary N) is 2. The van der Waals surface area contributed by atoms with E-state index in [1.165, 1.54) is 5.56 Å². The molecule has 1 saturated heterocycles. The van der Waals surface area contributed by atoms with Gasteiger partial charge in [0, 0.05) is 51.7 Å². The minimum atomic E-state index is 0.306. The molecule has 0 amide bonds. The SMILES string of the molecule is c1cncc(CNc2ncnc3nc(N4CCN(Cc5ccc6c(c5)OCO6)CC4)[nH]c23)c1. The number of fused-ring (bicyclic) bond motifs is 2. The number of nitrogens with zero attached hydrogens (tertiary/aromatic N) is 6. The van der Waals surface area contributed by atoms with Crippen molar-refractivity contribution in [3.63, 3.8) is 0 Å². The molecule has 4 aromatic rings. The van der Waals surface area contributed by atoms with E-state index in [0.29, 0.717) is 19.0 Å². The second-order valence-electron chi connectivity index (χ2n) is 8.15. The number of benzene rings is 1. The summed E-state index contributed by atoms with van der Waals surface area (Å²) in [5, 5.41) is 3.36. The summed E-state index contributed by atoms with van der Waals surface area (Å²) in [4.78, 5) is 25.8. The second kappa shape index (κ2) is 8.55. The van der Waals surface area contributed by atoms with E-state index < -0.39 is 0 Å². The first-order valence-electron chi connectivity index (χ1n) is 11.0. The maximum absolute atomic E-state index is 5.50. The first-order valence-corrected chi connectivity index (χ1v) is 11.0. The molecule has 2 N–H and O–H groups in total. The zero-order valence-electron chi connectivity index (χ0n) is 18.1. The average Bonchev–Trinajstić information content (AvgIpc) is 3.51. The molecule has 0 bridgehead atoms. The normalized spacial score (nSPS) is 15.8. The van der Waals surface area contributed by atoms with Crippen molar-refractivity contribution in [3.8, 4) is 11.5 Å². The second-order valence-corrected chi connectivity index (χ2v) is 8.15. The molecule has 10 heteroatoms. The number of rotatable bonds is 6. The molecule has 0 saturated carbocycles. The third kappa shape index (κ3) is 4.12. The zero-order valence-corrected chi connectivity index (χ0v) is 18.1. The lowest BCUT2D eigenvalue weighted by atomic mass is 10.1. The molecule has 6 rings (SSSR count). The lowest BCUT2D eigenvalue weighted by Gasteiger charge is -2.34. The number of hydrogen-bond acceptors (Lipinski definition) is 9. The highest BCUT2D eigenvalue weighted by Gasteiger charge is 2.22. The van der Waals surface area contributed by atoms with Gasteiger partial charge in [-0.05, 0) is 29.3 Å². The van der Waals surface area contributed by atoms with Crippen molar-refractivity contribution in [2.24, 2.45) is 0 Å². The molecule has 0 unspecified atom stereocenters. The van der Waals surface area contributed by atoms with E-state index in [4.69, 9.17) is 14.5 Å². The lowest BCUT2D eigenvalue weighted by Crippen LogP contribution is -2.46. The maximum atomic E-state index is 5.50. The number of pyridine rings is 1. The monoisotopic (exact) mass is 444 g/mol. The fraction of sp³-hybridized carbons (Fsp3) is 0.304. The molecule has 0 spiro atoms. The van der Waals surface area contributed by atoms with Crippen LogP contribution in [0.15, 0.2) is 49.1 Å². The van der Waals surface area contributed by atoms with E-state index in [0.717, 1.165) is 67.1 Å².